The second-order valence-electron chi connectivity index (χ2n) is 6.17. The van der Waals surface area contributed by atoms with Gasteiger partial charge in [-0.05, 0) is 17.2 Å². The first kappa shape index (κ1) is 17.6. The molecule has 0 radical (unpaired) electrons. The van der Waals surface area contributed by atoms with Crippen molar-refractivity contribution in [3.05, 3.63) is 60.2 Å². The van der Waals surface area contributed by atoms with Gasteiger partial charge >= 0.3 is 0 Å². The normalized spacial score (nSPS) is 25.7. The summed E-state index contributed by atoms with van der Waals surface area (Å²) in [7, 11) is 0. The topological polar surface area (TPSA) is 102 Å². The molecule has 1 saturated heterocycles. The molecule has 1 heterocycles. The number of nitrogens with one attached hydrogen (secondary N) is 2. The average Bonchev–Trinajstić information content (AvgIpc) is 2.94. The van der Waals surface area contributed by atoms with Crippen LogP contribution in [0.1, 0.15) is 10.4 Å². The predicted molar refractivity (Wildman–Crippen MR) is 94.0 cm³/mol. The smallest absolute Gasteiger partial charge is 0.251 e. The van der Waals surface area contributed by atoms with Gasteiger partial charge in [0, 0.05) is 12.1 Å². The molecular formula is C19H22N2O4. The SMILES string of the molecule is O=C(NC[C@@H]1N[C@H](CO)[C@H](O)[C@@H]1O)c1ccccc1-c1ccccc1. The fraction of sp³-hybridized carbons (Fsp3) is 0.316. The van der Waals surface area contributed by atoms with Gasteiger partial charge in [0.2, 0.25) is 0 Å². The molecule has 1 fully saturated rings. The Morgan fingerprint density at radius 3 is 2.28 bits per heavy atom. The van der Waals surface area contributed by atoms with Gasteiger partial charge < -0.3 is 26.0 Å². The summed E-state index contributed by atoms with van der Waals surface area (Å²) in [5.74, 6) is -0.254. The average molecular weight is 342 g/mol. The standard InChI is InChI=1S/C19H22N2O4/c22-11-16-18(24)17(23)15(21-16)10-20-19(25)14-9-5-4-8-13(14)12-6-2-1-3-7-12/h1-9,15-18,21-24H,10-11H2,(H,20,25)/t15-,16+,17+,18-/m0/s1. The molecule has 2 aromatic rings. The molecule has 3 rings (SSSR count). The highest BCUT2D eigenvalue weighted by Gasteiger charge is 2.40. The van der Waals surface area contributed by atoms with Crippen LogP contribution in [0, 0.1) is 0 Å². The van der Waals surface area contributed by atoms with Gasteiger partial charge in [0.25, 0.3) is 5.91 Å². The number of aliphatic hydroxyl groups is 3. The summed E-state index contributed by atoms with van der Waals surface area (Å²) < 4.78 is 0. The van der Waals surface area contributed by atoms with Crippen molar-refractivity contribution in [3.63, 3.8) is 0 Å². The van der Waals surface area contributed by atoms with Crippen molar-refractivity contribution in [1.82, 2.24) is 10.6 Å². The monoisotopic (exact) mass is 342 g/mol. The Labute approximate surface area is 146 Å². The summed E-state index contributed by atoms with van der Waals surface area (Å²) in [6.07, 6.45) is -2.09. The highest BCUT2D eigenvalue weighted by atomic mass is 16.3. The van der Waals surface area contributed by atoms with Crippen molar-refractivity contribution in [1.29, 1.82) is 0 Å². The first-order chi connectivity index (χ1) is 12.1. The van der Waals surface area contributed by atoms with Gasteiger partial charge in [0.1, 0.15) is 0 Å². The maximum Gasteiger partial charge on any atom is 0.251 e. The van der Waals surface area contributed by atoms with Gasteiger partial charge in [0.15, 0.2) is 0 Å². The molecule has 1 amide bonds. The fourth-order valence-corrected chi connectivity index (χ4v) is 3.14. The van der Waals surface area contributed by atoms with Crippen LogP contribution in [0.3, 0.4) is 0 Å². The molecule has 5 N–H and O–H groups in total. The maximum absolute atomic E-state index is 12.6. The van der Waals surface area contributed by atoms with Crippen molar-refractivity contribution in [2.24, 2.45) is 0 Å². The third kappa shape index (κ3) is 3.72. The molecule has 6 heteroatoms. The van der Waals surface area contributed by atoms with E-state index in [2.05, 4.69) is 10.6 Å². The summed E-state index contributed by atoms with van der Waals surface area (Å²) in [5, 5.41) is 34.7. The van der Waals surface area contributed by atoms with Crippen molar-refractivity contribution < 1.29 is 20.1 Å². The second-order valence-corrected chi connectivity index (χ2v) is 6.17. The van der Waals surface area contributed by atoms with Crippen LogP contribution in [0.15, 0.2) is 54.6 Å². The van der Waals surface area contributed by atoms with E-state index in [9.17, 15) is 15.0 Å². The first-order valence-corrected chi connectivity index (χ1v) is 8.27. The largest absolute Gasteiger partial charge is 0.395 e. The summed E-state index contributed by atoms with van der Waals surface area (Å²) in [6.45, 7) is -0.129. The zero-order chi connectivity index (χ0) is 17.8. The van der Waals surface area contributed by atoms with E-state index in [1.54, 1.807) is 12.1 Å². The molecule has 25 heavy (non-hydrogen) atoms. The number of benzene rings is 2. The predicted octanol–water partition coefficient (Wildman–Crippen LogP) is 0.138. The zero-order valence-corrected chi connectivity index (χ0v) is 13.7. The van der Waals surface area contributed by atoms with E-state index in [1.807, 2.05) is 42.5 Å². The Hall–Kier alpha value is -2.25. The molecule has 6 nitrogen and oxygen atoms in total. The fourth-order valence-electron chi connectivity index (χ4n) is 3.14. The van der Waals surface area contributed by atoms with Gasteiger partial charge in [-0.15, -0.1) is 0 Å². The quantitative estimate of drug-likeness (QED) is 0.532. The molecule has 1 aliphatic rings. The number of carbonyl (C=O) groups excluding carboxylic acids is 1. The molecule has 2 aromatic carbocycles. The van der Waals surface area contributed by atoms with E-state index >= 15 is 0 Å². The molecule has 0 spiro atoms. The summed E-state index contributed by atoms with van der Waals surface area (Å²) in [6, 6.07) is 15.8. The van der Waals surface area contributed by atoms with Gasteiger partial charge in [-0.2, -0.15) is 0 Å². The molecular weight excluding hydrogens is 320 g/mol. The van der Waals surface area contributed by atoms with Gasteiger partial charge in [-0.3, -0.25) is 4.79 Å². The minimum atomic E-state index is -1.05. The van der Waals surface area contributed by atoms with Crippen LogP contribution in [-0.2, 0) is 0 Å². The molecule has 0 aliphatic carbocycles. The van der Waals surface area contributed by atoms with Crippen LogP contribution >= 0.6 is 0 Å². The van der Waals surface area contributed by atoms with Gasteiger partial charge in [0.05, 0.1) is 30.9 Å². The third-order valence-electron chi connectivity index (χ3n) is 4.54. The third-order valence-corrected chi connectivity index (χ3v) is 4.54. The maximum atomic E-state index is 12.6. The minimum absolute atomic E-state index is 0.149. The highest BCUT2D eigenvalue weighted by molar-refractivity contribution is 6.00. The highest BCUT2D eigenvalue weighted by Crippen LogP contribution is 2.23. The summed E-state index contributed by atoms with van der Waals surface area (Å²) in [5.41, 5.74) is 2.32. The lowest BCUT2D eigenvalue weighted by atomic mass is 9.99. The number of hydrogen-bond donors (Lipinski definition) is 5. The number of carbonyl (C=O) groups is 1. The van der Waals surface area contributed by atoms with Crippen molar-refractivity contribution in [2.75, 3.05) is 13.2 Å². The Balaban J connectivity index is 1.71. The van der Waals surface area contributed by atoms with E-state index in [1.165, 1.54) is 0 Å². The Bertz CT molecular complexity index is 722. The van der Waals surface area contributed by atoms with E-state index < -0.39 is 24.3 Å². The van der Waals surface area contributed by atoms with Gasteiger partial charge in [-0.25, -0.2) is 0 Å². The lowest BCUT2D eigenvalue weighted by Gasteiger charge is -2.17. The molecule has 0 bridgehead atoms. The summed E-state index contributed by atoms with van der Waals surface area (Å²) in [4.78, 5) is 12.6. The number of amides is 1. The van der Waals surface area contributed by atoms with Crippen LogP contribution in [0.4, 0.5) is 0 Å². The van der Waals surface area contributed by atoms with E-state index in [4.69, 9.17) is 5.11 Å². The Morgan fingerprint density at radius 2 is 1.60 bits per heavy atom. The Kier molecular flexibility index (Phi) is 5.45. The molecule has 4 atom stereocenters. The van der Waals surface area contributed by atoms with E-state index in [0.29, 0.717) is 5.56 Å². The van der Waals surface area contributed by atoms with E-state index in [0.717, 1.165) is 11.1 Å². The van der Waals surface area contributed by atoms with Crippen LogP contribution in [0.5, 0.6) is 0 Å². The van der Waals surface area contributed by atoms with Crippen LogP contribution in [0.25, 0.3) is 11.1 Å². The summed E-state index contributed by atoms with van der Waals surface area (Å²) >= 11 is 0. The number of aliphatic hydroxyl groups excluding tert-OH is 3. The number of hydrogen-bond acceptors (Lipinski definition) is 5. The van der Waals surface area contributed by atoms with Crippen molar-refractivity contribution >= 4 is 5.91 Å². The van der Waals surface area contributed by atoms with Crippen LogP contribution in [0.2, 0.25) is 0 Å². The van der Waals surface area contributed by atoms with Crippen LogP contribution < -0.4 is 10.6 Å². The molecule has 0 aromatic heterocycles. The minimum Gasteiger partial charge on any atom is -0.395 e. The van der Waals surface area contributed by atoms with Crippen molar-refractivity contribution in [2.45, 2.75) is 24.3 Å². The molecule has 0 unspecified atom stereocenters. The second kappa shape index (κ2) is 7.76. The lowest BCUT2D eigenvalue weighted by molar-refractivity contribution is 0.0197. The Morgan fingerprint density at radius 1 is 0.960 bits per heavy atom. The molecule has 0 saturated carbocycles. The zero-order valence-electron chi connectivity index (χ0n) is 13.7. The lowest BCUT2D eigenvalue weighted by Crippen LogP contribution is -2.44. The van der Waals surface area contributed by atoms with E-state index in [-0.39, 0.29) is 19.1 Å². The number of rotatable bonds is 5. The molecule has 132 valence electrons. The molecule has 1 aliphatic heterocycles. The van der Waals surface area contributed by atoms with Crippen LogP contribution in [-0.4, -0.2) is 58.7 Å². The van der Waals surface area contributed by atoms with Gasteiger partial charge in [-0.1, -0.05) is 48.5 Å². The van der Waals surface area contributed by atoms with Crippen molar-refractivity contribution in [3.8, 4) is 11.1 Å². The first-order valence-electron chi connectivity index (χ1n) is 8.27.